The Labute approximate surface area is 117 Å². The molecule has 2 heterocycles. The molecule has 2 aromatic heterocycles. The Kier molecular flexibility index (Phi) is 3.25. The molecule has 0 aliphatic heterocycles. The molecule has 0 saturated heterocycles. The van der Waals surface area contributed by atoms with Crippen LogP contribution in [0.2, 0.25) is 0 Å². The molecule has 0 aliphatic carbocycles. The molecule has 0 spiro atoms. The number of hydrogen-bond donors (Lipinski definition) is 1. The molecule has 3 aromatic rings. The molecule has 0 unspecified atom stereocenters. The van der Waals surface area contributed by atoms with E-state index in [1.54, 1.807) is 0 Å². The summed E-state index contributed by atoms with van der Waals surface area (Å²) in [6.07, 6.45) is 3.38. The third kappa shape index (κ3) is 2.42. The fraction of sp³-hybridized carbons (Fsp3) is 0.200. The normalized spacial score (nSPS) is 10.7. The minimum atomic E-state index is 0.534. The number of nitrogens with zero attached hydrogens (tertiary/aromatic N) is 3. The zero-order chi connectivity index (χ0) is 13.9. The zero-order valence-electron chi connectivity index (χ0n) is 11.5. The second-order valence-electron chi connectivity index (χ2n) is 4.74. The van der Waals surface area contributed by atoms with Crippen molar-refractivity contribution < 1.29 is 4.42 Å². The van der Waals surface area contributed by atoms with Gasteiger partial charge in [-0.3, -0.25) is 0 Å². The average molecular weight is 268 g/mol. The second-order valence-corrected chi connectivity index (χ2v) is 4.74. The molecule has 0 aliphatic rings. The summed E-state index contributed by atoms with van der Waals surface area (Å²) in [4.78, 5) is 0. The summed E-state index contributed by atoms with van der Waals surface area (Å²) in [5, 5.41) is 11.1. The largest absolute Gasteiger partial charge is 0.423 e. The highest BCUT2D eigenvalue weighted by Gasteiger charge is 2.07. The van der Waals surface area contributed by atoms with Gasteiger partial charge in [-0.25, -0.2) is 0 Å². The van der Waals surface area contributed by atoms with E-state index in [1.807, 2.05) is 37.5 Å². The van der Waals surface area contributed by atoms with Gasteiger partial charge < -0.3 is 14.3 Å². The van der Waals surface area contributed by atoms with Crippen molar-refractivity contribution in [1.82, 2.24) is 14.8 Å². The van der Waals surface area contributed by atoms with Crippen LogP contribution < -0.4 is 5.32 Å². The van der Waals surface area contributed by atoms with Gasteiger partial charge in [0.2, 0.25) is 12.3 Å². The van der Waals surface area contributed by atoms with Crippen molar-refractivity contribution in [2.75, 3.05) is 5.32 Å². The lowest BCUT2D eigenvalue weighted by Gasteiger charge is -2.11. The molecular weight excluding hydrogens is 252 g/mol. The van der Waals surface area contributed by atoms with E-state index >= 15 is 0 Å². The first kappa shape index (κ1) is 12.5. The van der Waals surface area contributed by atoms with Crippen LogP contribution in [0.5, 0.6) is 0 Å². The van der Waals surface area contributed by atoms with Gasteiger partial charge in [-0.1, -0.05) is 6.07 Å². The highest BCUT2D eigenvalue weighted by Crippen LogP contribution is 2.24. The van der Waals surface area contributed by atoms with E-state index in [1.165, 1.54) is 17.7 Å². The first-order chi connectivity index (χ1) is 9.74. The second kappa shape index (κ2) is 5.21. The van der Waals surface area contributed by atoms with Crippen LogP contribution in [0.3, 0.4) is 0 Å². The van der Waals surface area contributed by atoms with Gasteiger partial charge in [-0.2, -0.15) is 0 Å². The van der Waals surface area contributed by atoms with Gasteiger partial charge in [0.25, 0.3) is 0 Å². The monoisotopic (exact) mass is 268 g/mol. The molecule has 0 saturated carbocycles. The fourth-order valence-corrected chi connectivity index (χ4v) is 2.11. The topological polar surface area (TPSA) is 55.9 Å². The van der Waals surface area contributed by atoms with Crippen LogP contribution in [0.4, 0.5) is 5.69 Å². The van der Waals surface area contributed by atoms with Crippen molar-refractivity contribution in [2.45, 2.75) is 13.5 Å². The number of nitrogens with one attached hydrogen (secondary N) is 1. The van der Waals surface area contributed by atoms with Gasteiger partial charge in [0.05, 0.1) is 6.54 Å². The molecule has 0 amide bonds. The van der Waals surface area contributed by atoms with Crippen LogP contribution in [-0.2, 0) is 13.6 Å². The summed E-state index contributed by atoms with van der Waals surface area (Å²) in [6.45, 7) is 2.85. The zero-order valence-corrected chi connectivity index (χ0v) is 11.5. The van der Waals surface area contributed by atoms with Gasteiger partial charge >= 0.3 is 0 Å². The van der Waals surface area contributed by atoms with Crippen molar-refractivity contribution >= 4 is 5.69 Å². The predicted octanol–water partition coefficient (Wildman–Crippen LogP) is 3.00. The van der Waals surface area contributed by atoms with Crippen LogP contribution in [0.1, 0.15) is 11.3 Å². The van der Waals surface area contributed by atoms with Gasteiger partial charge in [-0.05, 0) is 36.8 Å². The molecule has 5 heteroatoms. The fourth-order valence-electron chi connectivity index (χ4n) is 2.11. The molecule has 0 bridgehead atoms. The van der Waals surface area contributed by atoms with Crippen molar-refractivity contribution in [3.8, 4) is 11.5 Å². The molecule has 5 nitrogen and oxygen atoms in total. The maximum Gasteiger partial charge on any atom is 0.247 e. The molecule has 3 rings (SSSR count). The van der Waals surface area contributed by atoms with E-state index in [2.05, 4.69) is 33.1 Å². The van der Waals surface area contributed by atoms with Gasteiger partial charge in [0.15, 0.2) is 0 Å². The Hall–Kier alpha value is -2.56. The first-order valence-corrected chi connectivity index (χ1v) is 6.45. The van der Waals surface area contributed by atoms with E-state index in [-0.39, 0.29) is 0 Å². The summed E-state index contributed by atoms with van der Waals surface area (Å²) in [5.41, 5.74) is 4.40. The first-order valence-electron chi connectivity index (χ1n) is 6.45. The lowest BCUT2D eigenvalue weighted by molar-refractivity contribution is 0.568. The molecule has 0 radical (unpaired) electrons. The lowest BCUT2D eigenvalue weighted by atomic mass is 10.1. The molecule has 102 valence electrons. The van der Waals surface area contributed by atoms with Gasteiger partial charge in [-0.15, -0.1) is 10.2 Å². The SMILES string of the molecule is Cc1ccc(-c2nnco2)cc1NCc1cccn1C. The standard InChI is InChI=1S/C15H16N4O/c1-11-5-6-12(15-18-17-10-20-15)8-14(11)16-9-13-4-3-7-19(13)2/h3-8,10,16H,9H2,1-2H3. The van der Waals surface area contributed by atoms with Crippen LogP contribution in [0, 0.1) is 6.92 Å². The smallest absolute Gasteiger partial charge is 0.247 e. The molecule has 20 heavy (non-hydrogen) atoms. The van der Waals surface area contributed by atoms with E-state index < -0.39 is 0 Å². The number of aromatic nitrogens is 3. The highest BCUT2D eigenvalue weighted by molar-refractivity contribution is 5.64. The summed E-state index contributed by atoms with van der Waals surface area (Å²) in [6, 6.07) is 10.2. The van der Waals surface area contributed by atoms with Crippen LogP contribution in [-0.4, -0.2) is 14.8 Å². The lowest BCUT2D eigenvalue weighted by Crippen LogP contribution is -2.05. The Bertz CT molecular complexity index is 700. The maximum atomic E-state index is 5.23. The third-order valence-corrected chi connectivity index (χ3v) is 3.36. The Morgan fingerprint density at radius 3 is 2.90 bits per heavy atom. The van der Waals surface area contributed by atoms with E-state index in [0.29, 0.717) is 5.89 Å². The maximum absolute atomic E-state index is 5.23. The average Bonchev–Trinajstić information content (AvgIpc) is 3.10. The van der Waals surface area contributed by atoms with Gasteiger partial charge in [0, 0.05) is 30.2 Å². The van der Waals surface area contributed by atoms with E-state index in [0.717, 1.165) is 17.8 Å². The van der Waals surface area contributed by atoms with E-state index in [4.69, 9.17) is 4.42 Å². The van der Waals surface area contributed by atoms with Gasteiger partial charge in [0.1, 0.15) is 0 Å². The minimum Gasteiger partial charge on any atom is -0.423 e. The summed E-state index contributed by atoms with van der Waals surface area (Å²) in [7, 11) is 2.04. The summed E-state index contributed by atoms with van der Waals surface area (Å²) in [5.74, 6) is 0.534. The van der Waals surface area contributed by atoms with Crippen molar-refractivity contribution in [3.63, 3.8) is 0 Å². The Balaban J connectivity index is 1.82. The minimum absolute atomic E-state index is 0.534. The third-order valence-electron chi connectivity index (χ3n) is 3.36. The summed E-state index contributed by atoms with van der Waals surface area (Å²) < 4.78 is 7.33. The number of rotatable bonds is 4. The highest BCUT2D eigenvalue weighted by atomic mass is 16.4. The van der Waals surface area contributed by atoms with E-state index in [9.17, 15) is 0 Å². The number of hydrogen-bond acceptors (Lipinski definition) is 4. The number of aryl methyl sites for hydroxylation is 2. The Morgan fingerprint density at radius 1 is 1.30 bits per heavy atom. The molecule has 0 atom stereocenters. The number of benzene rings is 1. The molecule has 1 N–H and O–H groups in total. The van der Waals surface area contributed by atoms with Crippen LogP contribution >= 0.6 is 0 Å². The quantitative estimate of drug-likeness (QED) is 0.790. The Morgan fingerprint density at radius 2 is 2.20 bits per heavy atom. The number of anilines is 1. The van der Waals surface area contributed by atoms with Crippen molar-refractivity contribution in [3.05, 3.63) is 54.2 Å². The van der Waals surface area contributed by atoms with Crippen LogP contribution in [0.25, 0.3) is 11.5 Å². The predicted molar refractivity (Wildman–Crippen MR) is 77.2 cm³/mol. The molecule has 0 fully saturated rings. The van der Waals surface area contributed by atoms with Crippen LogP contribution in [0.15, 0.2) is 47.3 Å². The molecule has 1 aromatic carbocycles. The molecular formula is C15H16N4O. The summed E-state index contributed by atoms with van der Waals surface area (Å²) >= 11 is 0. The van der Waals surface area contributed by atoms with Crippen molar-refractivity contribution in [1.29, 1.82) is 0 Å². The van der Waals surface area contributed by atoms with Crippen molar-refractivity contribution in [2.24, 2.45) is 7.05 Å².